The van der Waals surface area contributed by atoms with Crippen LogP contribution in [0.1, 0.15) is 29.8 Å². The summed E-state index contributed by atoms with van der Waals surface area (Å²) in [5.41, 5.74) is 1.84. The van der Waals surface area contributed by atoms with Crippen LogP contribution in [0.5, 0.6) is 5.75 Å². The normalized spacial score (nSPS) is 17.5. The molecule has 0 atom stereocenters. The van der Waals surface area contributed by atoms with E-state index in [2.05, 4.69) is 16.3 Å². The van der Waals surface area contributed by atoms with E-state index >= 15 is 4.39 Å². The Balaban J connectivity index is 1.64. The third kappa shape index (κ3) is 4.18. The lowest BCUT2D eigenvalue weighted by atomic mass is 9.87. The van der Waals surface area contributed by atoms with Gasteiger partial charge in [0.15, 0.2) is 0 Å². The molecule has 0 N–H and O–H groups in total. The van der Waals surface area contributed by atoms with Gasteiger partial charge in [-0.2, -0.15) is 5.10 Å². The van der Waals surface area contributed by atoms with Crippen molar-refractivity contribution < 1.29 is 9.13 Å². The number of ether oxygens (including phenoxy) is 1. The first-order chi connectivity index (χ1) is 12.3. The number of piperidine rings is 1. The maximum atomic E-state index is 15.4. The quantitative estimate of drug-likeness (QED) is 0.681. The Labute approximate surface area is 163 Å². The number of rotatable bonds is 5. The number of aryl methyl sites for hydroxylation is 2. The van der Waals surface area contributed by atoms with Gasteiger partial charge >= 0.3 is 0 Å². The van der Waals surface area contributed by atoms with Crippen LogP contribution in [0.4, 0.5) is 4.39 Å². The number of nitrogens with zero attached hydrogens (tertiary/aromatic N) is 3. The third-order valence-corrected chi connectivity index (χ3v) is 6.67. The lowest BCUT2D eigenvalue weighted by Crippen LogP contribution is -2.40. The highest BCUT2D eigenvalue weighted by molar-refractivity contribution is 7.97. The highest BCUT2D eigenvalue weighted by Gasteiger charge is 2.36. The molecule has 0 amide bonds. The average molecular weight is 398 g/mol. The fourth-order valence-corrected chi connectivity index (χ4v) is 4.60. The van der Waals surface area contributed by atoms with E-state index in [4.69, 9.17) is 16.3 Å². The Morgan fingerprint density at radius 3 is 2.58 bits per heavy atom. The Kier molecular flexibility index (Phi) is 5.85. The van der Waals surface area contributed by atoms with Crippen LogP contribution in [-0.2, 0) is 13.5 Å². The lowest BCUT2D eigenvalue weighted by molar-refractivity contribution is 0.0915. The molecule has 4 nitrogen and oxygen atoms in total. The molecule has 0 radical (unpaired) electrons. The molecule has 1 fully saturated rings. The zero-order valence-electron chi connectivity index (χ0n) is 15.7. The Morgan fingerprint density at radius 1 is 1.31 bits per heavy atom. The van der Waals surface area contributed by atoms with Crippen LogP contribution >= 0.6 is 23.5 Å². The van der Waals surface area contributed by atoms with Crippen molar-refractivity contribution in [2.75, 3.05) is 20.2 Å². The number of hydrogen-bond donors (Lipinski definition) is 0. The molecule has 0 unspecified atom stereocenters. The van der Waals surface area contributed by atoms with Gasteiger partial charge in [0.2, 0.25) is 0 Å². The Bertz CT molecular complexity index is 787. The maximum Gasteiger partial charge on any atom is 0.123 e. The van der Waals surface area contributed by atoms with Gasteiger partial charge in [-0.1, -0.05) is 17.7 Å². The number of methoxy groups -OCH3 is 1. The van der Waals surface area contributed by atoms with Crippen LogP contribution in [0, 0.1) is 13.8 Å². The summed E-state index contributed by atoms with van der Waals surface area (Å²) in [7, 11) is 3.55. The zero-order valence-corrected chi connectivity index (χ0v) is 17.3. The van der Waals surface area contributed by atoms with Gasteiger partial charge in [0, 0.05) is 31.6 Å². The first-order valence-electron chi connectivity index (χ1n) is 8.76. The smallest absolute Gasteiger partial charge is 0.123 e. The van der Waals surface area contributed by atoms with Crippen molar-refractivity contribution in [2.45, 2.75) is 43.7 Å². The summed E-state index contributed by atoms with van der Waals surface area (Å²) >= 11 is 7.70. The predicted molar refractivity (Wildman–Crippen MR) is 105 cm³/mol. The number of alkyl halides is 1. The maximum absolute atomic E-state index is 15.4. The highest BCUT2D eigenvalue weighted by Crippen LogP contribution is 2.38. The molecule has 3 rings (SSSR count). The average Bonchev–Trinajstić information content (AvgIpc) is 2.84. The second-order valence-electron chi connectivity index (χ2n) is 6.93. The van der Waals surface area contributed by atoms with Gasteiger partial charge in [-0.15, -0.1) is 0 Å². The first-order valence-corrected chi connectivity index (χ1v) is 9.91. The number of halogens is 2. The molecule has 0 saturated carbocycles. The number of hydrogen-bond acceptors (Lipinski definition) is 4. The van der Waals surface area contributed by atoms with Crippen LogP contribution in [0.15, 0.2) is 23.1 Å². The second-order valence-corrected chi connectivity index (χ2v) is 8.47. The van der Waals surface area contributed by atoms with Crippen molar-refractivity contribution in [3.8, 4) is 5.75 Å². The molecule has 7 heteroatoms. The molecule has 1 saturated heterocycles. The lowest BCUT2D eigenvalue weighted by Gasteiger charge is -2.36. The summed E-state index contributed by atoms with van der Waals surface area (Å²) in [5, 5.41) is 5.06. The molecular formula is C19H25ClFN3OS. The number of aromatic nitrogens is 2. The van der Waals surface area contributed by atoms with Crippen LogP contribution in [0.25, 0.3) is 0 Å². The van der Waals surface area contributed by atoms with Gasteiger partial charge in [-0.25, -0.2) is 8.70 Å². The second kappa shape index (κ2) is 7.79. The van der Waals surface area contributed by atoms with Gasteiger partial charge in [-0.05, 0) is 56.3 Å². The highest BCUT2D eigenvalue weighted by atomic mass is 35.5. The van der Waals surface area contributed by atoms with Crippen LogP contribution < -0.4 is 4.74 Å². The summed E-state index contributed by atoms with van der Waals surface area (Å²) in [6.07, 6.45) is 1.37. The minimum absolute atomic E-state index is 0.358. The van der Waals surface area contributed by atoms with Gasteiger partial charge in [0.05, 0.1) is 23.4 Å². The molecule has 2 heterocycles. The van der Waals surface area contributed by atoms with Crippen LogP contribution in [0.3, 0.4) is 0 Å². The molecular weight excluding hydrogens is 373 g/mol. The largest absolute Gasteiger partial charge is 0.496 e. The SMILES string of the molecule is COc1cc(Cl)ccc1CC1(F)CCN(Sc2c(C)nn(C)c2C)CC1. The molecule has 1 aromatic heterocycles. The molecule has 1 aliphatic rings. The van der Waals surface area contributed by atoms with Crippen LogP contribution in [0.2, 0.25) is 5.02 Å². The van der Waals surface area contributed by atoms with Crippen LogP contribution in [-0.4, -0.2) is 40.0 Å². The molecule has 2 aromatic rings. The van der Waals surface area contributed by atoms with Crippen molar-refractivity contribution >= 4 is 23.5 Å². The van der Waals surface area contributed by atoms with Gasteiger partial charge < -0.3 is 4.74 Å². The van der Waals surface area contributed by atoms with Gasteiger partial charge in [0.25, 0.3) is 0 Å². The fraction of sp³-hybridized carbons (Fsp3) is 0.526. The molecule has 0 aliphatic carbocycles. The Hall–Kier alpha value is -1.24. The Morgan fingerprint density at radius 2 is 2.00 bits per heavy atom. The standard InChI is InChI=1S/C19H25ClFN3OS/c1-13-18(14(2)23(3)22-13)26-24-9-7-19(21,8-10-24)12-15-5-6-16(20)11-17(15)25-4/h5-6,11H,7-10,12H2,1-4H3. The van der Waals surface area contributed by atoms with E-state index in [1.54, 1.807) is 31.2 Å². The minimum atomic E-state index is -1.21. The summed E-state index contributed by atoms with van der Waals surface area (Å²) in [4.78, 5) is 1.18. The zero-order chi connectivity index (χ0) is 18.9. The third-order valence-electron chi connectivity index (χ3n) is 5.04. The van der Waals surface area contributed by atoms with Crippen molar-refractivity contribution in [1.29, 1.82) is 0 Å². The topological polar surface area (TPSA) is 30.3 Å². The number of benzene rings is 1. The van der Waals surface area contributed by atoms with E-state index < -0.39 is 5.67 Å². The summed E-state index contributed by atoms with van der Waals surface area (Å²) in [6.45, 7) is 5.51. The van der Waals surface area contributed by atoms with E-state index in [1.807, 2.05) is 24.7 Å². The monoisotopic (exact) mass is 397 g/mol. The molecule has 142 valence electrons. The van der Waals surface area contributed by atoms with E-state index in [9.17, 15) is 0 Å². The summed E-state index contributed by atoms with van der Waals surface area (Å²) in [6, 6.07) is 5.41. The molecule has 1 aromatic carbocycles. The van der Waals surface area contributed by atoms with Gasteiger partial charge in [0.1, 0.15) is 11.4 Å². The molecule has 1 aliphatic heterocycles. The minimum Gasteiger partial charge on any atom is -0.496 e. The molecule has 0 bridgehead atoms. The van der Waals surface area contributed by atoms with E-state index in [1.165, 1.54) is 4.90 Å². The summed E-state index contributed by atoms with van der Waals surface area (Å²) < 4.78 is 24.9. The first kappa shape index (κ1) is 19.5. The summed E-state index contributed by atoms with van der Waals surface area (Å²) in [5.74, 6) is 0.660. The fourth-order valence-electron chi connectivity index (χ4n) is 3.38. The van der Waals surface area contributed by atoms with Gasteiger partial charge in [-0.3, -0.25) is 4.68 Å². The molecule has 0 spiro atoms. The van der Waals surface area contributed by atoms with E-state index in [-0.39, 0.29) is 0 Å². The predicted octanol–water partition coefficient (Wildman–Crippen LogP) is 4.75. The van der Waals surface area contributed by atoms with Crippen molar-refractivity contribution in [2.24, 2.45) is 7.05 Å². The molecule has 26 heavy (non-hydrogen) atoms. The van der Waals surface area contributed by atoms with E-state index in [0.29, 0.717) is 43.1 Å². The van der Waals surface area contributed by atoms with Crippen molar-refractivity contribution in [3.63, 3.8) is 0 Å². The van der Waals surface area contributed by atoms with Crippen molar-refractivity contribution in [1.82, 2.24) is 14.1 Å². The van der Waals surface area contributed by atoms with Crippen molar-refractivity contribution in [3.05, 3.63) is 40.2 Å². The van der Waals surface area contributed by atoms with E-state index in [0.717, 1.165) is 17.0 Å².